The standard InChI is InChI=1S/C12H13N3OS/c1-8(16)9-2-4-10(5-3-9)15-12-14-7-11(6-13)17-12/h2-5,7H,6,13H2,1H3,(H,14,15). The third-order valence-corrected chi connectivity index (χ3v) is 3.23. The van der Waals surface area contributed by atoms with Crippen LogP contribution >= 0.6 is 11.3 Å². The van der Waals surface area contributed by atoms with Gasteiger partial charge in [0.2, 0.25) is 0 Å². The van der Waals surface area contributed by atoms with Crippen LogP contribution < -0.4 is 11.1 Å². The summed E-state index contributed by atoms with van der Waals surface area (Å²) in [5, 5.41) is 3.97. The zero-order chi connectivity index (χ0) is 12.3. The number of rotatable bonds is 4. The molecule has 1 aromatic heterocycles. The van der Waals surface area contributed by atoms with E-state index in [4.69, 9.17) is 5.73 Å². The Kier molecular flexibility index (Phi) is 3.51. The van der Waals surface area contributed by atoms with Crippen molar-refractivity contribution in [3.63, 3.8) is 0 Å². The van der Waals surface area contributed by atoms with Crippen LogP contribution in [0.5, 0.6) is 0 Å². The second-order valence-corrected chi connectivity index (χ2v) is 4.71. The predicted molar refractivity (Wildman–Crippen MR) is 69.7 cm³/mol. The number of carbonyl (C=O) groups excluding carboxylic acids is 1. The van der Waals surface area contributed by atoms with Gasteiger partial charge in [0.25, 0.3) is 0 Å². The smallest absolute Gasteiger partial charge is 0.187 e. The fourth-order valence-corrected chi connectivity index (χ4v) is 2.08. The van der Waals surface area contributed by atoms with Crippen molar-refractivity contribution in [2.45, 2.75) is 13.5 Å². The Balaban J connectivity index is 2.10. The van der Waals surface area contributed by atoms with Gasteiger partial charge in [-0.25, -0.2) is 4.98 Å². The van der Waals surface area contributed by atoms with Gasteiger partial charge >= 0.3 is 0 Å². The molecular weight excluding hydrogens is 234 g/mol. The minimum absolute atomic E-state index is 0.0659. The molecule has 0 fully saturated rings. The molecule has 0 aliphatic rings. The first-order valence-electron chi connectivity index (χ1n) is 5.22. The molecule has 0 spiro atoms. The second kappa shape index (κ2) is 5.07. The van der Waals surface area contributed by atoms with Gasteiger partial charge in [-0.2, -0.15) is 0 Å². The van der Waals surface area contributed by atoms with E-state index in [1.807, 2.05) is 12.1 Å². The summed E-state index contributed by atoms with van der Waals surface area (Å²) >= 11 is 1.52. The lowest BCUT2D eigenvalue weighted by molar-refractivity contribution is 0.101. The lowest BCUT2D eigenvalue weighted by Crippen LogP contribution is -1.93. The summed E-state index contributed by atoms with van der Waals surface area (Å²) in [5.74, 6) is 0.0659. The van der Waals surface area contributed by atoms with Crippen molar-refractivity contribution in [2.75, 3.05) is 5.32 Å². The number of aromatic nitrogens is 1. The lowest BCUT2D eigenvalue weighted by atomic mass is 10.1. The summed E-state index contributed by atoms with van der Waals surface area (Å²) in [7, 11) is 0. The van der Waals surface area contributed by atoms with Crippen molar-refractivity contribution in [3.05, 3.63) is 40.9 Å². The average molecular weight is 247 g/mol. The highest BCUT2D eigenvalue weighted by Crippen LogP contribution is 2.22. The summed E-state index contributed by atoms with van der Waals surface area (Å²) in [6.45, 7) is 2.05. The number of nitrogens with two attached hydrogens (primary N) is 1. The van der Waals surface area contributed by atoms with Gasteiger partial charge in [-0.3, -0.25) is 4.79 Å². The summed E-state index contributed by atoms with van der Waals surface area (Å²) in [6.07, 6.45) is 1.76. The average Bonchev–Trinajstić information content (AvgIpc) is 2.77. The van der Waals surface area contributed by atoms with E-state index in [2.05, 4.69) is 10.3 Å². The van der Waals surface area contributed by atoms with E-state index in [0.29, 0.717) is 12.1 Å². The fourth-order valence-electron chi connectivity index (χ4n) is 1.37. The molecule has 0 atom stereocenters. The van der Waals surface area contributed by atoms with Crippen molar-refractivity contribution < 1.29 is 4.79 Å². The molecule has 2 aromatic rings. The molecule has 0 radical (unpaired) electrons. The number of anilines is 2. The quantitative estimate of drug-likeness (QED) is 0.815. The molecule has 88 valence electrons. The minimum Gasteiger partial charge on any atom is -0.332 e. The molecule has 0 aliphatic heterocycles. The Morgan fingerprint density at radius 2 is 2.12 bits per heavy atom. The van der Waals surface area contributed by atoms with Crippen molar-refractivity contribution in [1.82, 2.24) is 4.98 Å². The van der Waals surface area contributed by atoms with E-state index < -0.39 is 0 Å². The van der Waals surface area contributed by atoms with Crippen LogP contribution in [0.3, 0.4) is 0 Å². The van der Waals surface area contributed by atoms with Crippen molar-refractivity contribution in [3.8, 4) is 0 Å². The first-order chi connectivity index (χ1) is 8.19. The summed E-state index contributed by atoms with van der Waals surface area (Å²) in [5.41, 5.74) is 7.13. The maximum atomic E-state index is 11.1. The minimum atomic E-state index is 0.0659. The van der Waals surface area contributed by atoms with Gasteiger partial charge in [-0.1, -0.05) is 0 Å². The van der Waals surface area contributed by atoms with E-state index in [0.717, 1.165) is 15.7 Å². The van der Waals surface area contributed by atoms with Crippen LogP contribution in [-0.2, 0) is 6.54 Å². The molecule has 1 heterocycles. The van der Waals surface area contributed by atoms with Gasteiger partial charge in [-0.15, -0.1) is 11.3 Å². The largest absolute Gasteiger partial charge is 0.332 e. The first kappa shape index (κ1) is 11.8. The molecule has 0 saturated heterocycles. The Morgan fingerprint density at radius 1 is 1.41 bits per heavy atom. The molecule has 17 heavy (non-hydrogen) atoms. The molecular formula is C12H13N3OS. The Hall–Kier alpha value is -1.72. The summed E-state index contributed by atoms with van der Waals surface area (Å²) in [6, 6.07) is 7.31. The van der Waals surface area contributed by atoms with E-state index in [9.17, 15) is 4.79 Å². The molecule has 0 saturated carbocycles. The molecule has 0 unspecified atom stereocenters. The van der Waals surface area contributed by atoms with Crippen LogP contribution in [0.2, 0.25) is 0 Å². The Labute approximate surface area is 103 Å². The van der Waals surface area contributed by atoms with E-state index in [1.54, 1.807) is 25.3 Å². The molecule has 3 N–H and O–H groups in total. The Bertz CT molecular complexity index is 519. The highest BCUT2D eigenvalue weighted by molar-refractivity contribution is 7.15. The fraction of sp³-hybridized carbons (Fsp3) is 0.167. The maximum Gasteiger partial charge on any atom is 0.187 e. The zero-order valence-corrected chi connectivity index (χ0v) is 10.3. The third-order valence-electron chi connectivity index (χ3n) is 2.30. The van der Waals surface area contributed by atoms with Crippen LogP contribution in [-0.4, -0.2) is 10.8 Å². The van der Waals surface area contributed by atoms with Gasteiger partial charge in [0, 0.05) is 28.9 Å². The van der Waals surface area contributed by atoms with Crippen molar-refractivity contribution in [2.24, 2.45) is 5.73 Å². The number of benzene rings is 1. The molecule has 1 aromatic carbocycles. The zero-order valence-electron chi connectivity index (χ0n) is 9.43. The number of ketones is 1. The topological polar surface area (TPSA) is 68.0 Å². The van der Waals surface area contributed by atoms with Crippen LogP contribution in [0.1, 0.15) is 22.2 Å². The first-order valence-corrected chi connectivity index (χ1v) is 6.03. The van der Waals surface area contributed by atoms with Crippen LogP contribution in [0, 0.1) is 0 Å². The van der Waals surface area contributed by atoms with Crippen LogP contribution in [0.15, 0.2) is 30.5 Å². The van der Waals surface area contributed by atoms with E-state index >= 15 is 0 Å². The number of hydrogen-bond acceptors (Lipinski definition) is 5. The number of nitrogens with zero attached hydrogens (tertiary/aromatic N) is 1. The molecule has 4 nitrogen and oxygen atoms in total. The highest BCUT2D eigenvalue weighted by Gasteiger charge is 2.02. The van der Waals surface area contributed by atoms with Gasteiger partial charge < -0.3 is 11.1 Å². The van der Waals surface area contributed by atoms with Crippen molar-refractivity contribution in [1.29, 1.82) is 0 Å². The summed E-state index contributed by atoms with van der Waals surface area (Å²) in [4.78, 5) is 16.3. The molecule has 2 rings (SSSR count). The third kappa shape index (κ3) is 2.89. The normalized spacial score (nSPS) is 10.2. The van der Waals surface area contributed by atoms with E-state index in [-0.39, 0.29) is 5.78 Å². The summed E-state index contributed by atoms with van der Waals surface area (Å²) < 4.78 is 0. The van der Waals surface area contributed by atoms with Gasteiger partial charge in [0.15, 0.2) is 10.9 Å². The van der Waals surface area contributed by atoms with Gasteiger partial charge in [-0.05, 0) is 31.2 Å². The molecule has 5 heteroatoms. The predicted octanol–water partition coefficient (Wildman–Crippen LogP) is 2.55. The number of nitrogens with one attached hydrogen (secondary N) is 1. The van der Waals surface area contributed by atoms with Gasteiger partial charge in [0.1, 0.15) is 0 Å². The molecule has 0 aliphatic carbocycles. The highest BCUT2D eigenvalue weighted by atomic mass is 32.1. The lowest BCUT2D eigenvalue weighted by Gasteiger charge is -2.02. The van der Waals surface area contributed by atoms with Crippen LogP contribution in [0.4, 0.5) is 10.8 Å². The van der Waals surface area contributed by atoms with Crippen molar-refractivity contribution >= 4 is 27.9 Å². The maximum absolute atomic E-state index is 11.1. The number of carbonyl (C=O) groups is 1. The number of Topliss-reactive ketones (excluding diaryl/α,β-unsaturated/α-hetero) is 1. The molecule has 0 amide bonds. The van der Waals surface area contributed by atoms with Crippen LogP contribution in [0.25, 0.3) is 0 Å². The SMILES string of the molecule is CC(=O)c1ccc(Nc2ncc(CN)s2)cc1. The number of hydrogen-bond donors (Lipinski definition) is 2. The monoisotopic (exact) mass is 247 g/mol. The van der Waals surface area contributed by atoms with Gasteiger partial charge in [0.05, 0.1) is 0 Å². The number of thiazole rings is 1. The van der Waals surface area contributed by atoms with E-state index in [1.165, 1.54) is 11.3 Å². The second-order valence-electron chi connectivity index (χ2n) is 3.59. The molecule has 0 bridgehead atoms. The Morgan fingerprint density at radius 3 is 2.65 bits per heavy atom.